The number of likely N-dealkylation sites (N-methyl/N-ethyl adjacent to an activating group) is 1. The Bertz CT molecular complexity index is 1040. The van der Waals surface area contributed by atoms with E-state index in [0.29, 0.717) is 45.3 Å². The van der Waals surface area contributed by atoms with Gasteiger partial charge in [0.2, 0.25) is 29.5 Å². The molecule has 0 saturated carbocycles. The molecule has 5 amide bonds. The number of carbonyl (C=O) groups excluding carboxylic acids is 5. The summed E-state index contributed by atoms with van der Waals surface area (Å²) >= 11 is 0. The molecule has 43 heavy (non-hydrogen) atoms. The Balaban J connectivity index is 3.20. The van der Waals surface area contributed by atoms with Crippen LogP contribution in [0.3, 0.4) is 0 Å². The minimum absolute atomic E-state index is 0.0813. The van der Waals surface area contributed by atoms with Crippen molar-refractivity contribution in [2.75, 3.05) is 72.5 Å². The van der Waals surface area contributed by atoms with E-state index in [0.717, 1.165) is 5.56 Å². The predicted octanol–water partition coefficient (Wildman–Crippen LogP) is -0.569. The van der Waals surface area contributed by atoms with Gasteiger partial charge in [-0.15, -0.1) is 6.58 Å². The lowest BCUT2D eigenvalue weighted by molar-refractivity contribution is -0.146. The molecule has 1 aromatic carbocycles. The number of amides is 5. The van der Waals surface area contributed by atoms with Crippen molar-refractivity contribution in [3.8, 4) is 0 Å². The molecule has 0 saturated heterocycles. The lowest BCUT2D eigenvalue weighted by atomic mass is 10.1. The molecule has 0 radical (unpaired) electrons. The van der Waals surface area contributed by atoms with Crippen LogP contribution in [0.25, 0.3) is 0 Å². The zero-order valence-electron chi connectivity index (χ0n) is 25.7. The largest absolute Gasteiger partial charge is 0.368 e. The molecule has 13 nitrogen and oxygen atoms in total. The molecule has 0 aliphatic carbocycles. The maximum absolute atomic E-state index is 13.8. The number of nitrogens with one attached hydrogen (secondary N) is 1. The number of nitrogens with zero attached hydrogens (tertiary/aromatic N) is 4. The number of nitrogens with two attached hydrogens (primary N) is 3. The van der Waals surface area contributed by atoms with Gasteiger partial charge in [0, 0.05) is 19.6 Å². The van der Waals surface area contributed by atoms with Crippen LogP contribution in [0, 0.1) is 0 Å². The quantitative estimate of drug-likeness (QED) is 0.100. The number of hydrogen-bond acceptors (Lipinski definition) is 8. The second kappa shape index (κ2) is 21.0. The molecule has 7 N–H and O–H groups in total. The van der Waals surface area contributed by atoms with Crippen LogP contribution in [0.1, 0.15) is 44.2 Å². The summed E-state index contributed by atoms with van der Waals surface area (Å²) in [5.74, 6) is -2.32. The first-order chi connectivity index (χ1) is 20.5. The van der Waals surface area contributed by atoms with Gasteiger partial charge < -0.3 is 37.2 Å². The van der Waals surface area contributed by atoms with Gasteiger partial charge in [0.15, 0.2) is 0 Å². The third-order valence-electron chi connectivity index (χ3n) is 6.81. The summed E-state index contributed by atoms with van der Waals surface area (Å²) in [6.45, 7) is 6.34. The summed E-state index contributed by atoms with van der Waals surface area (Å²) < 4.78 is 0. The molecule has 1 atom stereocenters. The summed E-state index contributed by atoms with van der Waals surface area (Å²) in [6, 6.07) is 9.01. The first kappa shape index (κ1) is 37.2. The highest BCUT2D eigenvalue weighted by molar-refractivity contribution is 5.91. The number of hydrogen-bond donors (Lipinski definition) is 4. The molecule has 1 rings (SSSR count). The number of rotatable bonds is 22. The van der Waals surface area contributed by atoms with Crippen LogP contribution < -0.4 is 22.5 Å². The molecule has 0 bridgehead atoms. The molecule has 0 heterocycles. The molecule has 0 fully saturated rings. The second-order valence-electron chi connectivity index (χ2n) is 10.5. The van der Waals surface area contributed by atoms with Crippen molar-refractivity contribution in [1.82, 2.24) is 24.9 Å². The van der Waals surface area contributed by atoms with E-state index in [2.05, 4.69) is 11.9 Å². The maximum atomic E-state index is 13.8. The molecule has 13 heteroatoms. The van der Waals surface area contributed by atoms with Crippen LogP contribution in [0.4, 0.5) is 0 Å². The van der Waals surface area contributed by atoms with E-state index in [4.69, 9.17) is 17.2 Å². The van der Waals surface area contributed by atoms with Gasteiger partial charge >= 0.3 is 0 Å². The summed E-state index contributed by atoms with van der Waals surface area (Å²) in [6.07, 6.45) is 4.10. The Morgan fingerprint density at radius 3 is 1.93 bits per heavy atom. The van der Waals surface area contributed by atoms with Gasteiger partial charge in [-0.05, 0) is 58.3 Å². The highest BCUT2D eigenvalue weighted by Crippen LogP contribution is 2.20. The van der Waals surface area contributed by atoms with E-state index < -0.39 is 29.7 Å². The van der Waals surface area contributed by atoms with E-state index in [1.807, 2.05) is 37.3 Å². The number of carbonyl (C=O) groups is 5. The Labute approximate surface area is 255 Å². The SMILES string of the molecule is C=CCN(C)CC(=O)N(CC(=O)N(CCCCN)CC(=O)N(CCCCN)CC(=O)NCC(N)=O)C(C)c1ccccc1. The van der Waals surface area contributed by atoms with Crippen molar-refractivity contribution in [2.45, 2.75) is 38.6 Å². The smallest absolute Gasteiger partial charge is 0.242 e. The molecule has 0 aliphatic rings. The molecule has 0 aromatic heterocycles. The summed E-state index contributed by atoms with van der Waals surface area (Å²) in [5.41, 5.74) is 17.3. The van der Waals surface area contributed by atoms with Gasteiger partial charge in [-0.1, -0.05) is 36.4 Å². The standard InChI is InChI=1S/C30H50N8O5/c1-4-16-35(3)21-30(43)38(24(2)25-12-6-5-7-13-25)23-29(42)37(18-11-9-15-32)22-28(41)36(17-10-8-14-31)20-27(40)34-19-26(33)39/h4-7,12-13,24H,1,8-11,14-23,31-32H2,2-3H3,(H2,33,39)(H,34,40). The zero-order valence-corrected chi connectivity index (χ0v) is 25.7. The van der Waals surface area contributed by atoms with Gasteiger partial charge in [-0.2, -0.15) is 0 Å². The average molecular weight is 603 g/mol. The lowest BCUT2D eigenvalue weighted by Crippen LogP contribution is -2.51. The molecule has 1 unspecified atom stereocenters. The molecule has 0 spiro atoms. The molecular weight excluding hydrogens is 552 g/mol. The van der Waals surface area contributed by atoms with Crippen LogP contribution in [-0.2, 0) is 24.0 Å². The lowest BCUT2D eigenvalue weighted by Gasteiger charge is -2.33. The van der Waals surface area contributed by atoms with Crippen molar-refractivity contribution >= 4 is 29.5 Å². The minimum atomic E-state index is -0.703. The van der Waals surface area contributed by atoms with Gasteiger partial charge in [-0.3, -0.25) is 28.9 Å². The predicted molar refractivity (Wildman–Crippen MR) is 166 cm³/mol. The van der Waals surface area contributed by atoms with E-state index >= 15 is 0 Å². The van der Waals surface area contributed by atoms with Gasteiger partial charge in [-0.25, -0.2) is 0 Å². The molecule has 0 aliphatic heterocycles. The molecular formula is C30H50N8O5. The third-order valence-corrected chi connectivity index (χ3v) is 6.81. The monoisotopic (exact) mass is 602 g/mol. The highest BCUT2D eigenvalue weighted by Gasteiger charge is 2.29. The van der Waals surface area contributed by atoms with Crippen LogP contribution in [0.15, 0.2) is 43.0 Å². The van der Waals surface area contributed by atoms with Gasteiger partial charge in [0.05, 0.1) is 32.2 Å². The fourth-order valence-corrected chi connectivity index (χ4v) is 4.36. The van der Waals surface area contributed by atoms with Crippen molar-refractivity contribution < 1.29 is 24.0 Å². The number of primary amides is 1. The molecule has 240 valence electrons. The van der Waals surface area contributed by atoms with Crippen molar-refractivity contribution in [3.05, 3.63) is 48.6 Å². The normalized spacial score (nSPS) is 11.5. The third kappa shape index (κ3) is 14.8. The number of benzene rings is 1. The summed E-state index contributed by atoms with van der Waals surface area (Å²) in [5, 5.41) is 2.39. The van der Waals surface area contributed by atoms with E-state index in [1.165, 1.54) is 14.7 Å². The first-order valence-electron chi connectivity index (χ1n) is 14.7. The van der Waals surface area contributed by atoms with Crippen molar-refractivity contribution in [3.63, 3.8) is 0 Å². The number of unbranched alkanes of at least 4 members (excludes halogenated alkanes) is 2. The van der Waals surface area contributed by atoms with Gasteiger partial charge in [0.1, 0.15) is 6.54 Å². The summed E-state index contributed by atoms with van der Waals surface area (Å²) in [7, 11) is 1.80. The highest BCUT2D eigenvalue weighted by atomic mass is 16.2. The zero-order chi connectivity index (χ0) is 32.2. The van der Waals surface area contributed by atoms with Gasteiger partial charge in [0.25, 0.3) is 0 Å². The van der Waals surface area contributed by atoms with E-state index in [1.54, 1.807) is 18.0 Å². The van der Waals surface area contributed by atoms with Crippen molar-refractivity contribution in [2.24, 2.45) is 17.2 Å². The maximum Gasteiger partial charge on any atom is 0.242 e. The summed E-state index contributed by atoms with van der Waals surface area (Å²) in [4.78, 5) is 70.3. The first-order valence-corrected chi connectivity index (χ1v) is 14.7. The van der Waals surface area contributed by atoms with Crippen LogP contribution >= 0.6 is 0 Å². The van der Waals surface area contributed by atoms with E-state index in [-0.39, 0.29) is 51.7 Å². The minimum Gasteiger partial charge on any atom is -0.368 e. The second-order valence-corrected chi connectivity index (χ2v) is 10.5. The van der Waals surface area contributed by atoms with Crippen molar-refractivity contribution in [1.29, 1.82) is 0 Å². The molecule has 1 aromatic rings. The Morgan fingerprint density at radius 1 is 0.837 bits per heavy atom. The Kier molecular flexibility index (Phi) is 18.1. The van der Waals surface area contributed by atoms with Crippen LogP contribution in [-0.4, -0.2) is 122 Å². The van der Waals surface area contributed by atoms with Crippen LogP contribution in [0.2, 0.25) is 0 Å². The average Bonchev–Trinajstić information content (AvgIpc) is 2.97. The van der Waals surface area contributed by atoms with E-state index in [9.17, 15) is 24.0 Å². The van der Waals surface area contributed by atoms with Crippen LogP contribution in [0.5, 0.6) is 0 Å². The fourth-order valence-electron chi connectivity index (χ4n) is 4.36. The fraction of sp³-hybridized carbons (Fsp3) is 0.567. The Hall–Kier alpha value is -3.81. The topological polar surface area (TPSA) is 188 Å². The Morgan fingerprint density at radius 2 is 1.40 bits per heavy atom.